The molecule has 20 heavy (non-hydrogen) atoms. The van der Waals surface area contributed by atoms with Gasteiger partial charge in [-0.05, 0) is 39.0 Å². The molecule has 7 heteroatoms. The number of nitrogens with one attached hydrogen (secondary N) is 1. The lowest BCUT2D eigenvalue weighted by Gasteiger charge is -2.20. The number of rotatable bonds is 3. The highest BCUT2D eigenvalue weighted by atomic mass is 19.3. The highest BCUT2D eigenvalue weighted by molar-refractivity contribution is 5.99. The van der Waals surface area contributed by atoms with Gasteiger partial charge in [0.2, 0.25) is 5.78 Å². The number of hydrogen-bond donors (Lipinski definition) is 2. The van der Waals surface area contributed by atoms with Crippen LogP contribution in [0.15, 0.2) is 18.2 Å². The number of aromatic hydroxyl groups is 1. The van der Waals surface area contributed by atoms with Crippen molar-refractivity contribution >= 4 is 17.6 Å². The Morgan fingerprint density at radius 1 is 1.30 bits per heavy atom. The topological polar surface area (TPSA) is 75.6 Å². The molecule has 5 nitrogen and oxygen atoms in total. The Morgan fingerprint density at radius 3 is 2.35 bits per heavy atom. The van der Waals surface area contributed by atoms with E-state index in [1.807, 2.05) is 0 Å². The molecule has 1 rings (SSSR count). The van der Waals surface area contributed by atoms with Gasteiger partial charge in [-0.2, -0.15) is 0 Å². The number of phenolic OH excluding ortho intramolecular Hbond substituents is 1. The van der Waals surface area contributed by atoms with Crippen LogP contribution in [0.4, 0.5) is 19.3 Å². The number of ketones is 1. The molecule has 0 heterocycles. The molecule has 0 bridgehead atoms. The number of hydrogen-bond acceptors (Lipinski definition) is 4. The number of halogens is 2. The van der Waals surface area contributed by atoms with E-state index in [0.717, 1.165) is 18.2 Å². The smallest absolute Gasteiger partial charge is 0.412 e. The summed E-state index contributed by atoms with van der Waals surface area (Å²) < 4.78 is 29.4. The van der Waals surface area contributed by atoms with Crippen molar-refractivity contribution in [3.63, 3.8) is 0 Å². The standard InChI is InChI=1S/C13H15F2NO4/c1-13(2,3)20-12(19)16-8-5-4-7(6-9(8)17)10(18)11(14)15/h4-6,11,17H,1-3H3,(H,16,19). The molecule has 0 atom stereocenters. The van der Waals surface area contributed by atoms with Crippen molar-refractivity contribution in [3.05, 3.63) is 23.8 Å². The first-order valence-electron chi connectivity index (χ1n) is 5.75. The van der Waals surface area contributed by atoms with Crippen LogP contribution in [-0.2, 0) is 4.74 Å². The molecule has 0 saturated heterocycles. The Balaban J connectivity index is 2.84. The molecular weight excluding hydrogens is 272 g/mol. The van der Waals surface area contributed by atoms with Gasteiger partial charge in [-0.25, -0.2) is 13.6 Å². The number of phenols is 1. The first-order valence-corrected chi connectivity index (χ1v) is 5.75. The molecule has 1 amide bonds. The summed E-state index contributed by atoms with van der Waals surface area (Å²) in [6.07, 6.45) is -3.96. The molecule has 0 aromatic heterocycles. The van der Waals surface area contributed by atoms with Gasteiger partial charge in [0.1, 0.15) is 11.4 Å². The first kappa shape index (κ1) is 15.9. The zero-order valence-corrected chi connectivity index (χ0v) is 11.2. The number of ether oxygens (including phenoxy) is 1. The second-order valence-electron chi connectivity index (χ2n) is 5.02. The first-order chi connectivity index (χ1) is 9.10. The summed E-state index contributed by atoms with van der Waals surface area (Å²) in [5.41, 5.74) is -1.09. The maximum atomic E-state index is 12.2. The predicted octanol–water partition coefficient (Wildman–Crippen LogP) is 3.19. The summed E-state index contributed by atoms with van der Waals surface area (Å²) in [4.78, 5) is 22.5. The van der Waals surface area contributed by atoms with Crippen LogP contribution in [0.3, 0.4) is 0 Å². The molecule has 0 radical (unpaired) electrons. The Morgan fingerprint density at radius 2 is 1.90 bits per heavy atom. The van der Waals surface area contributed by atoms with Crippen molar-refractivity contribution in [1.82, 2.24) is 0 Å². The Bertz CT molecular complexity index is 524. The van der Waals surface area contributed by atoms with Gasteiger partial charge in [0, 0.05) is 5.56 Å². The molecule has 0 saturated carbocycles. The van der Waals surface area contributed by atoms with Crippen molar-refractivity contribution in [2.75, 3.05) is 5.32 Å². The molecule has 0 aliphatic rings. The van der Waals surface area contributed by atoms with Crippen LogP contribution in [-0.4, -0.2) is 29.0 Å². The lowest BCUT2D eigenvalue weighted by Crippen LogP contribution is -2.27. The monoisotopic (exact) mass is 287 g/mol. The Labute approximate surface area is 114 Å². The quantitative estimate of drug-likeness (QED) is 0.661. The van der Waals surface area contributed by atoms with Crippen LogP contribution < -0.4 is 5.32 Å². The van der Waals surface area contributed by atoms with Gasteiger partial charge in [-0.3, -0.25) is 10.1 Å². The molecular formula is C13H15F2NO4. The summed E-state index contributed by atoms with van der Waals surface area (Å²) in [7, 11) is 0. The van der Waals surface area contributed by atoms with E-state index in [-0.39, 0.29) is 11.3 Å². The number of alkyl halides is 2. The number of carbonyl (C=O) groups excluding carboxylic acids is 2. The average Bonchev–Trinajstić information content (AvgIpc) is 2.28. The van der Waals surface area contributed by atoms with E-state index in [9.17, 15) is 23.5 Å². The largest absolute Gasteiger partial charge is 0.506 e. The molecule has 0 aliphatic carbocycles. The van der Waals surface area contributed by atoms with Crippen LogP contribution in [0, 0.1) is 0 Å². The summed E-state index contributed by atoms with van der Waals surface area (Å²) in [6.45, 7) is 4.99. The van der Waals surface area contributed by atoms with E-state index >= 15 is 0 Å². The molecule has 1 aromatic rings. The van der Waals surface area contributed by atoms with Gasteiger partial charge in [0.25, 0.3) is 0 Å². The minimum Gasteiger partial charge on any atom is -0.506 e. The van der Waals surface area contributed by atoms with E-state index in [1.54, 1.807) is 20.8 Å². The fourth-order valence-corrected chi connectivity index (χ4v) is 1.33. The van der Waals surface area contributed by atoms with E-state index in [0.29, 0.717) is 0 Å². The second kappa shape index (κ2) is 5.85. The highest BCUT2D eigenvalue weighted by Crippen LogP contribution is 2.26. The minimum absolute atomic E-state index is 0.0370. The zero-order chi connectivity index (χ0) is 15.5. The lowest BCUT2D eigenvalue weighted by atomic mass is 10.1. The van der Waals surface area contributed by atoms with Crippen molar-refractivity contribution in [2.24, 2.45) is 0 Å². The molecule has 110 valence electrons. The van der Waals surface area contributed by atoms with Crippen molar-refractivity contribution in [3.8, 4) is 5.75 Å². The zero-order valence-electron chi connectivity index (χ0n) is 11.2. The van der Waals surface area contributed by atoms with E-state index in [4.69, 9.17) is 4.74 Å². The second-order valence-corrected chi connectivity index (χ2v) is 5.02. The summed E-state index contributed by atoms with van der Waals surface area (Å²) >= 11 is 0. The third kappa shape index (κ3) is 4.49. The van der Waals surface area contributed by atoms with Crippen molar-refractivity contribution < 1.29 is 28.2 Å². The van der Waals surface area contributed by atoms with Gasteiger partial charge in [0.15, 0.2) is 0 Å². The summed E-state index contributed by atoms with van der Waals surface area (Å²) in [5.74, 6) is -1.90. The third-order valence-corrected chi connectivity index (χ3v) is 2.12. The van der Waals surface area contributed by atoms with Crippen LogP contribution in [0.1, 0.15) is 31.1 Å². The lowest BCUT2D eigenvalue weighted by molar-refractivity contribution is 0.0635. The Kier molecular flexibility index (Phi) is 4.65. The van der Waals surface area contributed by atoms with E-state index in [1.165, 1.54) is 0 Å². The predicted molar refractivity (Wildman–Crippen MR) is 68.3 cm³/mol. The number of Topliss-reactive ketones (excluding diaryl/α,β-unsaturated/α-hetero) is 1. The van der Waals surface area contributed by atoms with Crippen LogP contribution in [0.5, 0.6) is 5.75 Å². The van der Waals surface area contributed by atoms with Crippen LogP contribution >= 0.6 is 0 Å². The molecule has 0 spiro atoms. The van der Waals surface area contributed by atoms with Crippen LogP contribution in [0.2, 0.25) is 0 Å². The van der Waals surface area contributed by atoms with Crippen molar-refractivity contribution in [1.29, 1.82) is 0 Å². The molecule has 1 aromatic carbocycles. The number of anilines is 1. The minimum atomic E-state index is -3.15. The van der Waals surface area contributed by atoms with E-state index in [2.05, 4.69) is 5.32 Å². The van der Waals surface area contributed by atoms with Gasteiger partial charge < -0.3 is 9.84 Å². The Hall–Kier alpha value is -2.18. The fraction of sp³-hybridized carbons (Fsp3) is 0.385. The van der Waals surface area contributed by atoms with Gasteiger partial charge in [0.05, 0.1) is 5.69 Å². The number of amides is 1. The number of benzene rings is 1. The molecule has 0 aliphatic heterocycles. The fourth-order valence-electron chi connectivity index (χ4n) is 1.33. The van der Waals surface area contributed by atoms with Gasteiger partial charge >= 0.3 is 12.5 Å². The maximum Gasteiger partial charge on any atom is 0.412 e. The summed E-state index contributed by atoms with van der Waals surface area (Å²) in [5, 5.41) is 11.9. The molecule has 0 unspecified atom stereocenters. The molecule has 0 fully saturated rings. The summed E-state index contributed by atoms with van der Waals surface area (Å²) in [6, 6.07) is 3.09. The van der Waals surface area contributed by atoms with Crippen molar-refractivity contribution in [2.45, 2.75) is 32.8 Å². The SMILES string of the molecule is CC(C)(C)OC(=O)Nc1ccc(C(=O)C(F)F)cc1O. The highest BCUT2D eigenvalue weighted by Gasteiger charge is 2.20. The molecule has 2 N–H and O–H groups in total. The third-order valence-electron chi connectivity index (χ3n) is 2.12. The average molecular weight is 287 g/mol. The number of carbonyl (C=O) groups is 2. The van der Waals surface area contributed by atoms with Gasteiger partial charge in [-0.15, -0.1) is 0 Å². The van der Waals surface area contributed by atoms with Gasteiger partial charge in [-0.1, -0.05) is 0 Å². The van der Waals surface area contributed by atoms with Crippen LogP contribution in [0.25, 0.3) is 0 Å². The van der Waals surface area contributed by atoms with E-state index < -0.39 is 29.7 Å². The normalized spacial score (nSPS) is 11.3. The maximum absolute atomic E-state index is 12.2.